The summed E-state index contributed by atoms with van der Waals surface area (Å²) < 4.78 is 0. The lowest BCUT2D eigenvalue weighted by atomic mass is 10.2. The smallest absolute Gasteiger partial charge is 0.317 e. The zero-order valence-corrected chi connectivity index (χ0v) is 16.4. The molecule has 1 heterocycles. The predicted octanol–water partition coefficient (Wildman–Crippen LogP) is 2.75. The molecule has 1 aromatic carbocycles. The number of aromatic amines is 1. The van der Waals surface area contributed by atoms with Crippen LogP contribution in [-0.4, -0.2) is 46.8 Å². The van der Waals surface area contributed by atoms with Crippen LogP contribution in [0.1, 0.15) is 23.5 Å². The van der Waals surface area contributed by atoms with E-state index in [2.05, 4.69) is 46.5 Å². The van der Waals surface area contributed by atoms with Crippen LogP contribution in [0.25, 0.3) is 0 Å². The maximum atomic E-state index is 12.1. The Kier molecular flexibility index (Phi) is 7.72. The van der Waals surface area contributed by atoms with Gasteiger partial charge in [0.1, 0.15) is 5.82 Å². The van der Waals surface area contributed by atoms with Gasteiger partial charge in [0.2, 0.25) is 0 Å². The molecule has 0 aliphatic carbocycles. The second kappa shape index (κ2) is 10.0. The summed E-state index contributed by atoms with van der Waals surface area (Å²) in [6.07, 6.45) is 1.43. The highest BCUT2D eigenvalue weighted by molar-refractivity contribution is 7.99. The van der Waals surface area contributed by atoms with E-state index in [9.17, 15) is 9.59 Å². The van der Waals surface area contributed by atoms with Crippen LogP contribution in [0.4, 0.5) is 4.79 Å². The maximum absolute atomic E-state index is 12.1. The van der Waals surface area contributed by atoms with Crippen LogP contribution in [0.5, 0.6) is 0 Å². The number of aromatic nitrogens is 2. The zero-order chi connectivity index (χ0) is 18.9. The average molecular weight is 375 g/mol. The van der Waals surface area contributed by atoms with Gasteiger partial charge in [0, 0.05) is 43.2 Å². The SMILES string of the molecule is Cc1ccc(SCCCN(C)C(=O)NCCc2nc(C)cc(=O)[nH]2)cc1. The molecule has 2 amide bonds. The van der Waals surface area contributed by atoms with Crippen molar-refractivity contribution in [1.82, 2.24) is 20.2 Å². The molecule has 2 N–H and O–H groups in total. The van der Waals surface area contributed by atoms with Gasteiger partial charge in [-0.15, -0.1) is 11.8 Å². The number of urea groups is 1. The van der Waals surface area contributed by atoms with Crippen molar-refractivity contribution < 1.29 is 4.79 Å². The highest BCUT2D eigenvalue weighted by Gasteiger charge is 2.08. The summed E-state index contributed by atoms with van der Waals surface area (Å²) in [6.45, 7) is 4.99. The summed E-state index contributed by atoms with van der Waals surface area (Å²) >= 11 is 1.80. The van der Waals surface area contributed by atoms with Gasteiger partial charge < -0.3 is 15.2 Å². The molecule has 6 nitrogen and oxygen atoms in total. The molecule has 0 spiro atoms. The third kappa shape index (κ3) is 6.92. The first-order valence-corrected chi connectivity index (χ1v) is 9.68. The lowest BCUT2D eigenvalue weighted by Gasteiger charge is -2.17. The largest absolute Gasteiger partial charge is 0.338 e. The van der Waals surface area contributed by atoms with Gasteiger partial charge in [0.05, 0.1) is 0 Å². The van der Waals surface area contributed by atoms with Crippen molar-refractivity contribution in [2.24, 2.45) is 0 Å². The minimum absolute atomic E-state index is 0.111. The lowest BCUT2D eigenvalue weighted by Crippen LogP contribution is -2.39. The number of H-pyrrole nitrogens is 1. The molecule has 0 unspecified atom stereocenters. The number of rotatable bonds is 8. The number of aryl methyl sites for hydroxylation is 2. The fourth-order valence-corrected chi connectivity index (χ4v) is 3.25. The molecular weight excluding hydrogens is 348 g/mol. The van der Waals surface area contributed by atoms with Crippen molar-refractivity contribution in [3.05, 3.63) is 57.8 Å². The van der Waals surface area contributed by atoms with Gasteiger partial charge in [-0.2, -0.15) is 0 Å². The summed E-state index contributed by atoms with van der Waals surface area (Å²) in [5.74, 6) is 1.56. The molecule has 0 fully saturated rings. The quantitative estimate of drug-likeness (QED) is 0.550. The molecule has 0 bridgehead atoms. The normalized spacial score (nSPS) is 10.6. The molecule has 0 aliphatic rings. The van der Waals surface area contributed by atoms with Crippen LogP contribution in [0.15, 0.2) is 40.0 Å². The molecule has 7 heteroatoms. The number of hydrogen-bond acceptors (Lipinski definition) is 4. The summed E-state index contributed by atoms with van der Waals surface area (Å²) in [4.78, 5) is 33.3. The minimum atomic E-state index is -0.165. The molecule has 0 saturated heterocycles. The topological polar surface area (TPSA) is 78.1 Å². The Bertz CT molecular complexity index is 774. The number of carbonyl (C=O) groups is 1. The average Bonchev–Trinajstić information content (AvgIpc) is 2.59. The first kappa shape index (κ1) is 20.0. The Balaban J connectivity index is 1.64. The Hall–Kier alpha value is -2.28. The highest BCUT2D eigenvalue weighted by atomic mass is 32.2. The highest BCUT2D eigenvalue weighted by Crippen LogP contribution is 2.18. The third-order valence-corrected chi connectivity index (χ3v) is 4.93. The fraction of sp³-hybridized carbons (Fsp3) is 0.421. The summed E-state index contributed by atoms with van der Waals surface area (Å²) in [6, 6.07) is 9.81. The number of nitrogens with zero attached hydrogens (tertiary/aromatic N) is 2. The molecule has 0 aliphatic heterocycles. The van der Waals surface area contributed by atoms with Gasteiger partial charge >= 0.3 is 6.03 Å². The van der Waals surface area contributed by atoms with E-state index < -0.39 is 0 Å². The van der Waals surface area contributed by atoms with E-state index in [1.54, 1.807) is 30.6 Å². The number of hydrogen-bond donors (Lipinski definition) is 2. The molecule has 2 aromatic rings. The maximum Gasteiger partial charge on any atom is 0.317 e. The Morgan fingerprint density at radius 1 is 1.27 bits per heavy atom. The standard InChI is InChI=1S/C19H26N4O2S/c1-14-5-7-16(8-6-14)26-12-4-11-23(3)19(25)20-10-9-17-21-15(2)13-18(24)22-17/h5-8,13H,4,9-12H2,1-3H3,(H,20,25)(H,21,22,24). The van der Waals surface area contributed by atoms with Crippen LogP contribution in [0.2, 0.25) is 0 Å². The molecule has 26 heavy (non-hydrogen) atoms. The van der Waals surface area contributed by atoms with Crippen LogP contribution >= 0.6 is 11.8 Å². The first-order chi connectivity index (χ1) is 12.4. The van der Waals surface area contributed by atoms with E-state index >= 15 is 0 Å². The zero-order valence-electron chi connectivity index (χ0n) is 15.5. The molecule has 0 atom stereocenters. The van der Waals surface area contributed by atoms with Gasteiger partial charge in [-0.05, 0) is 38.2 Å². The van der Waals surface area contributed by atoms with E-state index in [1.807, 2.05) is 0 Å². The van der Waals surface area contributed by atoms with Crippen molar-refractivity contribution in [1.29, 1.82) is 0 Å². The molecule has 140 valence electrons. The molecule has 2 rings (SSSR count). The van der Waals surface area contributed by atoms with Crippen LogP contribution in [0.3, 0.4) is 0 Å². The molecule has 0 saturated carbocycles. The van der Waals surface area contributed by atoms with Crippen LogP contribution < -0.4 is 10.9 Å². The summed E-state index contributed by atoms with van der Waals surface area (Å²) in [7, 11) is 1.79. The first-order valence-electron chi connectivity index (χ1n) is 8.69. The lowest BCUT2D eigenvalue weighted by molar-refractivity contribution is 0.209. The van der Waals surface area contributed by atoms with Crippen LogP contribution in [-0.2, 0) is 6.42 Å². The van der Waals surface area contributed by atoms with Crippen molar-refractivity contribution in [2.45, 2.75) is 31.6 Å². The number of benzene rings is 1. The third-order valence-electron chi connectivity index (χ3n) is 3.83. The Morgan fingerprint density at radius 3 is 2.69 bits per heavy atom. The van der Waals surface area contributed by atoms with Crippen molar-refractivity contribution in [2.75, 3.05) is 25.9 Å². The molecule has 0 radical (unpaired) electrons. The van der Waals surface area contributed by atoms with E-state index in [0.29, 0.717) is 31.0 Å². The molecule has 1 aromatic heterocycles. The summed E-state index contributed by atoms with van der Waals surface area (Å²) in [5.41, 5.74) is 1.77. The fourth-order valence-electron chi connectivity index (χ4n) is 2.41. The van der Waals surface area contributed by atoms with Gasteiger partial charge in [-0.25, -0.2) is 9.78 Å². The van der Waals surface area contributed by atoms with E-state index in [1.165, 1.54) is 16.5 Å². The van der Waals surface area contributed by atoms with Crippen molar-refractivity contribution in [3.63, 3.8) is 0 Å². The minimum Gasteiger partial charge on any atom is -0.338 e. The van der Waals surface area contributed by atoms with Crippen molar-refractivity contribution >= 4 is 17.8 Å². The predicted molar refractivity (Wildman–Crippen MR) is 106 cm³/mol. The van der Waals surface area contributed by atoms with Gasteiger partial charge in [-0.3, -0.25) is 4.79 Å². The van der Waals surface area contributed by atoms with E-state index in [-0.39, 0.29) is 11.6 Å². The second-order valence-electron chi connectivity index (χ2n) is 6.25. The van der Waals surface area contributed by atoms with Gasteiger partial charge in [0.15, 0.2) is 0 Å². The number of thioether (sulfide) groups is 1. The monoisotopic (exact) mass is 374 g/mol. The van der Waals surface area contributed by atoms with Crippen molar-refractivity contribution in [3.8, 4) is 0 Å². The Labute approximate surface area is 158 Å². The number of nitrogens with one attached hydrogen (secondary N) is 2. The van der Waals surface area contributed by atoms with Gasteiger partial charge in [-0.1, -0.05) is 17.7 Å². The second-order valence-corrected chi connectivity index (χ2v) is 7.42. The number of amides is 2. The van der Waals surface area contributed by atoms with Gasteiger partial charge in [0.25, 0.3) is 5.56 Å². The van der Waals surface area contributed by atoms with Crippen LogP contribution in [0, 0.1) is 13.8 Å². The number of carbonyl (C=O) groups excluding carboxylic acids is 1. The molecular formula is C19H26N4O2S. The van der Waals surface area contributed by atoms with E-state index in [0.717, 1.165) is 12.2 Å². The Morgan fingerprint density at radius 2 is 2.00 bits per heavy atom. The summed E-state index contributed by atoms with van der Waals surface area (Å²) in [5, 5.41) is 2.85. The van der Waals surface area contributed by atoms with E-state index in [4.69, 9.17) is 0 Å².